The van der Waals surface area contributed by atoms with Crippen LogP contribution in [0.4, 0.5) is 0 Å². The molecule has 8 heteroatoms. The fourth-order valence-electron chi connectivity index (χ4n) is 1.72. The van der Waals surface area contributed by atoms with Crippen molar-refractivity contribution in [2.75, 3.05) is 19.6 Å². The molecule has 0 saturated heterocycles. The third kappa shape index (κ3) is 7.07. The summed E-state index contributed by atoms with van der Waals surface area (Å²) in [5.41, 5.74) is 0.845. The fourth-order valence-corrected chi connectivity index (χ4v) is 3.35. The molecular weight excluding hydrogens is 361 g/mol. The van der Waals surface area contributed by atoms with Gasteiger partial charge in [0.15, 0.2) is 0 Å². The Morgan fingerprint density at radius 3 is 2.73 bits per heavy atom. The van der Waals surface area contributed by atoms with Gasteiger partial charge in [-0.05, 0) is 24.4 Å². The maximum atomic E-state index is 11.8. The smallest absolute Gasteiger partial charge is 0.226 e. The molecule has 0 aromatic carbocycles. The SMILES string of the molecule is CCCNCCNC(=O)Cc1csc(-c2cccs2)n1.Cl.Cl. The van der Waals surface area contributed by atoms with Gasteiger partial charge in [0.25, 0.3) is 0 Å². The number of thiazole rings is 1. The van der Waals surface area contributed by atoms with Crippen LogP contribution in [0.5, 0.6) is 0 Å². The molecule has 2 rings (SSSR count). The van der Waals surface area contributed by atoms with Gasteiger partial charge in [0.2, 0.25) is 5.91 Å². The number of carbonyl (C=O) groups excluding carboxylic acids is 1. The Hall–Kier alpha value is -0.660. The van der Waals surface area contributed by atoms with Crippen molar-refractivity contribution in [3.8, 4) is 9.88 Å². The number of nitrogens with zero attached hydrogens (tertiary/aromatic N) is 1. The van der Waals surface area contributed by atoms with E-state index in [1.165, 1.54) is 0 Å². The van der Waals surface area contributed by atoms with Crippen LogP contribution in [-0.2, 0) is 11.2 Å². The minimum absolute atomic E-state index is 0. The number of halogens is 2. The molecule has 22 heavy (non-hydrogen) atoms. The lowest BCUT2D eigenvalue weighted by Gasteiger charge is -2.04. The van der Waals surface area contributed by atoms with Gasteiger partial charge >= 0.3 is 0 Å². The van der Waals surface area contributed by atoms with Crippen molar-refractivity contribution in [3.05, 3.63) is 28.6 Å². The maximum absolute atomic E-state index is 11.8. The first kappa shape index (κ1) is 21.3. The van der Waals surface area contributed by atoms with Crippen molar-refractivity contribution in [2.45, 2.75) is 19.8 Å². The van der Waals surface area contributed by atoms with Gasteiger partial charge in [-0.1, -0.05) is 13.0 Å². The second kappa shape index (κ2) is 11.8. The van der Waals surface area contributed by atoms with E-state index in [1.807, 2.05) is 22.9 Å². The predicted octanol–water partition coefficient (Wildman–Crippen LogP) is 3.37. The fraction of sp³-hybridized carbons (Fsp3) is 0.429. The second-order valence-corrected chi connectivity index (χ2v) is 6.20. The van der Waals surface area contributed by atoms with E-state index in [4.69, 9.17) is 0 Å². The molecule has 0 spiro atoms. The van der Waals surface area contributed by atoms with Crippen LogP contribution in [0.25, 0.3) is 9.88 Å². The van der Waals surface area contributed by atoms with Gasteiger partial charge in [-0.3, -0.25) is 4.79 Å². The Balaban J connectivity index is 0.00000220. The first-order chi connectivity index (χ1) is 9.79. The van der Waals surface area contributed by atoms with Crippen LogP contribution in [-0.4, -0.2) is 30.5 Å². The van der Waals surface area contributed by atoms with E-state index >= 15 is 0 Å². The van der Waals surface area contributed by atoms with Gasteiger partial charge in [0, 0.05) is 18.5 Å². The Labute approximate surface area is 151 Å². The van der Waals surface area contributed by atoms with Crippen LogP contribution >= 0.6 is 47.5 Å². The quantitative estimate of drug-likeness (QED) is 0.689. The number of hydrogen-bond acceptors (Lipinski definition) is 5. The van der Waals surface area contributed by atoms with Crippen molar-refractivity contribution in [3.63, 3.8) is 0 Å². The molecule has 2 aromatic rings. The predicted molar refractivity (Wildman–Crippen MR) is 99.8 cm³/mol. The van der Waals surface area contributed by atoms with Crippen molar-refractivity contribution < 1.29 is 4.79 Å². The summed E-state index contributed by atoms with van der Waals surface area (Å²) in [6.45, 7) is 4.60. The Morgan fingerprint density at radius 1 is 1.23 bits per heavy atom. The minimum Gasteiger partial charge on any atom is -0.354 e. The Bertz CT molecular complexity index is 532. The lowest BCUT2D eigenvalue weighted by molar-refractivity contribution is -0.120. The van der Waals surface area contributed by atoms with E-state index in [2.05, 4.69) is 22.5 Å². The van der Waals surface area contributed by atoms with Crippen molar-refractivity contribution >= 4 is 53.4 Å². The summed E-state index contributed by atoms with van der Waals surface area (Å²) in [5, 5.41) is 11.1. The second-order valence-electron chi connectivity index (χ2n) is 4.40. The molecule has 0 radical (unpaired) electrons. The van der Waals surface area contributed by atoms with E-state index in [0.29, 0.717) is 13.0 Å². The maximum Gasteiger partial charge on any atom is 0.226 e. The molecule has 124 valence electrons. The molecule has 0 bridgehead atoms. The van der Waals surface area contributed by atoms with Crippen LogP contribution in [0.2, 0.25) is 0 Å². The van der Waals surface area contributed by atoms with E-state index < -0.39 is 0 Å². The summed E-state index contributed by atoms with van der Waals surface area (Å²) in [5.74, 6) is 0.0336. The molecule has 2 N–H and O–H groups in total. The summed E-state index contributed by atoms with van der Waals surface area (Å²) in [6, 6.07) is 4.06. The van der Waals surface area contributed by atoms with Gasteiger partial charge in [-0.15, -0.1) is 47.5 Å². The van der Waals surface area contributed by atoms with Crippen LogP contribution in [0.15, 0.2) is 22.9 Å². The molecule has 0 fully saturated rings. The largest absolute Gasteiger partial charge is 0.354 e. The van der Waals surface area contributed by atoms with Crippen LogP contribution in [0, 0.1) is 0 Å². The van der Waals surface area contributed by atoms with Crippen LogP contribution in [0.1, 0.15) is 19.0 Å². The third-order valence-corrected chi connectivity index (χ3v) is 4.61. The summed E-state index contributed by atoms with van der Waals surface area (Å²) in [6.07, 6.45) is 1.47. The lowest BCUT2D eigenvalue weighted by Crippen LogP contribution is -2.33. The van der Waals surface area contributed by atoms with E-state index in [0.717, 1.165) is 35.1 Å². The van der Waals surface area contributed by atoms with Gasteiger partial charge in [-0.2, -0.15) is 0 Å². The van der Waals surface area contributed by atoms with Gasteiger partial charge in [0.05, 0.1) is 17.0 Å². The van der Waals surface area contributed by atoms with Crippen molar-refractivity contribution in [2.24, 2.45) is 0 Å². The monoisotopic (exact) mass is 381 g/mol. The average Bonchev–Trinajstić information content (AvgIpc) is 3.08. The molecule has 0 aliphatic rings. The first-order valence-electron chi connectivity index (χ1n) is 6.75. The van der Waals surface area contributed by atoms with Crippen LogP contribution < -0.4 is 10.6 Å². The standard InChI is InChI=1S/C14H19N3OS2.2ClH/c1-2-5-15-6-7-16-13(18)9-11-10-20-14(17-11)12-4-3-8-19-12;;/h3-4,8,10,15H,2,5-7,9H2,1H3,(H,16,18);2*1H. The highest BCUT2D eigenvalue weighted by Crippen LogP contribution is 2.27. The Kier molecular flexibility index (Phi) is 11.5. The number of carbonyl (C=O) groups is 1. The van der Waals surface area contributed by atoms with E-state index in [9.17, 15) is 4.79 Å². The third-order valence-electron chi connectivity index (χ3n) is 2.68. The number of aromatic nitrogens is 1. The molecular formula is C14H21Cl2N3OS2. The molecule has 1 amide bonds. The molecule has 2 aromatic heterocycles. The topological polar surface area (TPSA) is 54.0 Å². The zero-order valence-corrected chi connectivity index (χ0v) is 15.6. The lowest BCUT2D eigenvalue weighted by atomic mass is 10.3. The molecule has 2 heterocycles. The van der Waals surface area contributed by atoms with Gasteiger partial charge in [0.1, 0.15) is 5.01 Å². The Morgan fingerprint density at radius 2 is 2.05 bits per heavy atom. The number of thiophene rings is 1. The minimum atomic E-state index is 0. The van der Waals surface area contributed by atoms with Crippen LogP contribution in [0.3, 0.4) is 0 Å². The molecule has 0 aliphatic heterocycles. The number of nitrogens with one attached hydrogen (secondary N) is 2. The average molecular weight is 382 g/mol. The van der Waals surface area contributed by atoms with Gasteiger partial charge in [-0.25, -0.2) is 4.98 Å². The highest BCUT2D eigenvalue weighted by atomic mass is 35.5. The first-order valence-corrected chi connectivity index (χ1v) is 8.51. The molecule has 0 saturated carbocycles. The van der Waals surface area contributed by atoms with Crippen molar-refractivity contribution in [1.29, 1.82) is 0 Å². The normalized spacial score (nSPS) is 9.68. The molecule has 0 atom stereocenters. The number of rotatable bonds is 8. The number of hydrogen-bond donors (Lipinski definition) is 2. The highest BCUT2D eigenvalue weighted by molar-refractivity contribution is 7.20. The summed E-state index contributed by atoms with van der Waals surface area (Å²) >= 11 is 3.26. The van der Waals surface area contributed by atoms with E-state index in [1.54, 1.807) is 22.7 Å². The zero-order valence-electron chi connectivity index (χ0n) is 12.3. The van der Waals surface area contributed by atoms with Gasteiger partial charge < -0.3 is 10.6 Å². The summed E-state index contributed by atoms with van der Waals surface area (Å²) < 4.78 is 0. The zero-order chi connectivity index (χ0) is 14.2. The summed E-state index contributed by atoms with van der Waals surface area (Å²) in [4.78, 5) is 17.4. The van der Waals surface area contributed by atoms with Crippen molar-refractivity contribution in [1.82, 2.24) is 15.6 Å². The number of amides is 1. The summed E-state index contributed by atoms with van der Waals surface area (Å²) in [7, 11) is 0. The highest BCUT2D eigenvalue weighted by Gasteiger charge is 2.09. The molecule has 0 aliphatic carbocycles. The van der Waals surface area contributed by atoms with E-state index in [-0.39, 0.29) is 30.7 Å². The molecule has 0 unspecified atom stereocenters. The molecule has 4 nitrogen and oxygen atoms in total.